The Balaban J connectivity index is 2.35. The average Bonchev–Trinajstić information content (AvgIpc) is 2.97. The molecule has 2 rings (SSSR count). The van der Waals surface area contributed by atoms with Crippen molar-refractivity contribution in [1.82, 2.24) is 0 Å². The lowest BCUT2D eigenvalue weighted by Crippen LogP contribution is -2.46. The monoisotopic (exact) mass is 351 g/mol. The zero-order valence-electron chi connectivity index (χ0n) is 15.4. The van der Waals surface area contributed by atoms with Gasteiger partial charge in [-0.3, -0.25) is 4.90 Å². The molecule has 1 fully saturated rings. The fraction of sp³-hybridized carbons (Fsp3) is 0.632. The third kappa shape index (κ3) is 4.86. The van der Waals surface area contributed by atoms with E-state index in [4.69, 9.17) is 9.47 Å². The Kier molecular flexibility index (Phi) is 6.30. The number of methoxy groups -OCH3 is 1. The summed E-state index contributed by atoms with van der Waals surface area (Å²) < 4.78 is 10.8. The lowest BCUT2D eigenvalue weighted by atomic mass is 10.0. The molecule has 0 aliphatic heterocycles. The van der Waals surface area contributed by atoms with E-state index in [1.807, 2.05) is 32.9 Å². The second-order valence-corrected chi connectivity index (χ2v) is 7.58. The molecule has 6 nitrogen and oxygen atoms in total. The molecule has 0 heterocycles. The lowest BCUT2D eigenvalue weighted by Gasteiger charge is -2.34. The van der Waals surface area contributed by atoms with E-state index in [2.05, 4.69) is 0 Å². The van der Waals surface area contributed by atoms with Crippen LogP contribution in [0.15, 0.2) is 24.3 Å². The average molecular weight is 351 g/mol. The molecule has 1 aliphatic carbocycles. The number of hydrogen-bond acceptors (Lipinski definition) is 5. The summed E-state index contributed by atoms with van der Waals surface area (Å²) in [5, 5.41) is 19.3. The van der Waals surface area contributed by atoms with Crippen LogP contribution in [0.2, 0.25) is 0 Å². The van der Waals surface area contributed by atoms with Crippen molar-refractivity contribution in [2.45, 2.75) is 45.3 Å². The third-order valence-electron chi connectivity index (χ3n) is 4.52. The first-order valence-corrected chi connectivity index (χ1v) is 8.67. The van der Waals surface area contributed by atoms with Crippen LogP contribution in [0.3, 0.4) is 0 Å². The summed E-state index contributed by atoms with van der Waals surface area (Å²) in [7, 11) is 1.59. The predicted octanol–water partition coefficient (Wildman–Crippen LogP) is 2.82. The van der Waals surface area contributed by atoms with E-state index >= 15 is 0 Å². The first-order chi connectivity index (χ1) is 11.8. The molecule has 1 aliphatic rings. The van der Waals surface area contributed by atoms with Gasteiger partial charge in [-0.2, -0.15) is 0 Å². The Labute approximate surface area is 149 Å². The topological polar surface area (TPSA) is 79.2 Å². The number of aliphatic hydroxyl groups excluding tert-OH is 2. The van der Waals surface area contributed by atoms with Gasteiger partial charge in [0.15, 0.2) is 0 Å². The molecule has 0 saturated heterocycles. The summed E-state index contributed by atoms with van der Waals surface area (Å²) >= 11 is 0. The van der Waals surface area contributed by atoms with Gasteiger partial charge in [0.2, 0.25) is 0 Å². The number of nitrogens with zero attached hydrogens (tertiary/aromatic N) is 1. The van der Waals surface area contributed by atoms with Crippen molar-refractivity contribution in [3.8, 4) is 5.75 Å². The fourth-order valence-corrected chi connectivity index (χ4v) is 3.36. The van der Waals surface area contributed by atoms with E-state index in [1.165, 1.54) is 0 Å². The Hall–Kier alpha value is -1.79. The summed E-state index contributed by atoms with van der Waals surface area (Å²) in [6, 6.07) is 6.98. The van der Waals surface area contributed by atoms with Gasteiger partial charge < -0.3 is 19.7 Å². The molecule has 0 bridgehead atoms. The highest BCUT2D eigenvalue weighted by atomic mass is 16.6. The minimum Gasteiger partial charge on any atom is -0.497 e. The Morgan fingerprint density at radius 2 is 1.80 bits per heavy atom. The molecule has 1 aromatic rings. The van der Waals surface area contributed by atoms with Crippen molar-refractivity contribution in [3.05, 3.63) is 24.3 Å². The smallest absolute Gasteiger partial charge is 0.415 e. The highest BCUT2D eigenvalue weighted by Gasteiger charge is 2.41. The molecule has 1 saturated carbocycles. The number of rotatable bonds is 5. The van der Waals surface area contributed by atoms with Crippen LogP contribution in [0.25, 0.3) is 0 Å². The number of carbonyl (C=O) groups excluding carboxylic acids is 1. The van der Waals surface area contributed by atoms with E-state index in [9.17, 15) is 15.0 Å². The molecule has 25 heavy (non-hydrogen) atoms. The van der Waals surface area contributed by atoms with Crippen molar-refractivity contribution >= 4 is 11.8 Å². The number of ether oxygens (including phenoxy) is 2. The molecule has 2 N–H and O–H groups in total. The fourth-order valence-electron chi connectivity index (χ4n) is 3.36. The van der Waals surface area contributed by atoms with Crippen LogP contribution in [0.4, 0.5) is 10.5 Å². The highest BCUT2D eigenvalue weighted by molar-refractivity contribution is 5.88. The molecule has 0 radical (unpaired) electrons. The van der Waals surface area contributed by atoms with E-state index < -0.39 is 11.7 Å². The maximum absolute atomic E-state index is 12.9. The summed E-state index contributed by atoms with van der Waals surface area (Å²) in [5.74, 6) is 0.684. The zero-order valence-corrected chi connectivity index (χ0v) is 15.4. The summed E-state index contributed by atoms with van der Waals surface area (Å²) in [5.41, 5.74) is 0.0722. The van der Waals surface area contributed by atoms with Gasteiger partial charge in [0.05, 0.1) is 7.11 Å². The lowest BCUT2D eigenvalue weighted by molar-refractivity contribution is 0.0550. The second kappa shape index (κ2) is 8.06. The Bertz CT molecular complexity index is 566. The molecule has 6 heteroatoms. The molecule has 140 valence electrons. The first kappa shape index (κ1) is 19.5. The van der Waals surface area contributed by atoms with Gasteiger partial charge in [-0.05, 0) is 63.8 Å². The molecular formula is C19H29NO5. The number of anilines is 1. The predicted molar refractivity (Wildman–Crippen MR) is 95.9 cm³/mol. The minimum absolute atomic E-state index is 0.0311. The maximum atomic E-state index is 12.9. The van der Waals surface area contributed by atoms with Crippen molar-refractivity contribution < 1.29 is 24.5 Å². The molecular weight excluding hydrogens is 322 g/mol. The van der Waals surface area contributed by atoms with Crippen LogP contribution in [0.1, 0.15) is 33.6 Å². The SMILES string of the molecule is COc1ccc(N(C(=O)OC(C)(C)C)[C@H]2C[C@H](CO)C[C@@H]2CO)cc1. The first-order valence-electron chi connectivity index (χ1n) is 8.67. The van der Waals surface area contributed by atoms with Gasteiger partial charge in [-0.1, -0.05) is 0 Å². The van der Waals surface area contributed by atoms with Gasteiger partial charge >= 0.3 is 6.09 Å². The van der Waals surface area contributed by atoms with Crippen molar-refractivity contribution in [3.63, 3.8) is 0 Å². The summed E-state index contributed by atoms with van der Waals surface area (Å²) in [6.45, 7) is 5.50. The van der Waals surface area contributed by atoms with Gasteiger partial charge in [0, 0.05) is 30.9 Å². The van der Waals surface area contributed by atoms with Crippen LogP contribution in [-0.2, 0) is 4.74 Å². The number of carbonyl (C=O) groups is 1. The normalized spacial score (nSPS) is 23.4. The van der Waals surface area contributed by atoms with Crippen LogP contribution in [0.5, 0.6) is 5.75 Å². The number of amides is 1. The van der Waals surface area contributed by atoms with Crippen LogP contribution >= 0.6 is 0 Å². The van der Waals surface area contributed by atoms with E-state index in [1.54, 1.807) is 24.1 Å². The van der Waals surface area contributed by atoms with Gasteiger partial charge in [0.1, 0.15) is 11.4 Å². The largest absolute Gasteiger partial charge is 0.497 e. The van der Waals surface area contributed by atoms with Crippen molar-refractivity contribution in [2.24, 2.45) is 11.8 Å². The Morgan fingerprint density at radius 1 is 1.16 bits per heavy atom. The Morgan fingerprint density at radius 3 is 2.28 bits per heavy atom. The van der Waals surface area contributed by atoms with Crippen LogP contribution in [-0.4, -0.2) is 48.3 Å². The van der Waals surface area contributed by atoms with Crippen molar-refractivity contribution in [1.29, 1.82) is 0 Å². The molecule has 0 aromatic heterocycles. The molecule has 0 spiro atoms. The van der Waals surface area contributed by atoms with E-state index in [0.29, 0.717) is 24.3 Å². The molecule has 1 aromatic carbocycles. The van der Waals surface area contributed by atoms with Gasteiger partial charge in [-0.25, -0.2) is 4.79 Å². The molecule has 3 atom stereocenters. The van der Waals surface area contributed by atoms with E-state index in [-0.39, 0.29) is 31.1 Å². The molecule has 0 unspecified atom stereocenters. The second-order valence-electron chi connectivity index (χ2n) is 7.58. The van der Waals surface area contributed by atoms with Crippen LogP contribution in [0, 0.1) is 11.8 Å². The highest BCUT2D eigenvalue weighted by Crippen LogP contribution is 2.37. The standard InChI is InChI=1S/C19H29NO5/c1-19(2,3)25-18(23)20(15-5-7-16(24-4)8-6-15)17-10-13(11-21)9-14(17)12-22/h5-8,13-14,17,21-22H,9-12H2,1-4H3/t13-,14-,17+/m1/s1. The maximum Gasteiger partial charge on any atom is 0.415 e. The van der Waals surface area contributed by atoms with Gasteiger partial charge in [-0.15, -0.1) is 0 Å². The van der Waals surface area contributed by atoms with Gasteiger partial charge in [0.25, 0.3) is 0 Å². The summed E-state index contributed by atoms with van der Waals surface area (Å²) in [4.78, 5) is 14.5. The molecule has 1 amide bonds. The quantitative estimate of drug-likeness (QED) is 0.853. The number of hydrogen-bond donors (Lipinski definition) is 2. The van der Waals surface area contributed by atoms with Crippen LogP contribution < -0.4 is 9.64 Å². The summed E-state index contributed by atoms with van der Waals surface area (Å²) in [6.07, 6.45) is 0.875. The third-order valence-corrected chi connectivity index (χ3v) is 4.52. The van der Waals surface area contributed by atoms with Crippen molar-refractivity contribution in [2.75, 3.05) is 25.2 Å². The van der Waals surface area contributed by atoms with E-state index in [0.717, 1.165) is 0 Å². The number of aliphatic hydroxyl groups is 2. The minimum atomic E-state index is -0.620. The number of benzene rings is 1. The zero-order chi connectivity index (χ0) is 18.6.